The summed E-state index contributed by atoms with van der Waals surface area (Å²) in [4.78, 5) is 0. The summed E-state index contributed by atoms with van der Waals surface area (Å²) in [6.45, 7) is 0. The Morgan fingerprint density at radius 3 is 2.42 bits per heavy atom. The molecule has 0 saturated heterocycles. The van der Waals surface area contributed by atoms with Crippen LogP contribution in [0.25, 0.3) is 0 Å². The molecule has 0 fully saturated rings. The summed E-state index contributed by atoms with van der Waals surface area (Å²) in [5.74, 6) is -0.279. The third kappa shape index (κ3) is 3.93. The lowest BCUT2D eigenvalue weighted by Gasteiger charge is -2.13. The van der Waals surface area contributed by atoms with Crippen molar-refractivity contribution in [2.75, 3.05) is 0 Å². The molecular weight excluding hydrogens is 284 g/mol. The van der Waals surface area contributed by atoms with E-state index in [4.69, 9.17) is 28.9 Å². The summed E-state index contributed by atoms with van der Waals surface area (Å²) in [6.07, 6.45) is 1.03. The van der Waals surface area contributed by atoms with Gasteiger partial charge in [-0.05, 0) is 48.2 Å². The standard InChI is InChI=1S/C15H14Cl2FN/c16-12-5-6-15(18)11(7-12)9-13(19)8-10-3-1-2-4-14(10)17/h1-7,13H,8-9,19H2. The van der Waals surface area contributed by atoms with E-state index in [-0.39, 0.29) is 11.9 Å². The van der Waals surface area contributed by atoms with Crippen LogP contribution >= 0.6 is 23.2 Å². The molecule has 100 valence electrons. The monoisotopic (exact) mass is 297 g/mol. The highest BCUT2D eigenvalue weighted by molar-refractivity contribution is 6.31. The minimum atomic E-state index is -0.279. The summed E-state index contributed by atoms with van der Waals surface area (Å²) in [7, 11) is 0. The van der Waals surface area contributed by atoms with Gasteiger partial charge in [-0.2, -0.15) is 0 Å². The molecule has 2 aromatic carbocycles. The van der Waals surface area contributed by atoms with Gasteiger partial charge in [0.2, 0.25) is 0 Å². The van der Waals surface area contributed by atoms with E-state index < -0.39 is 0 Å². The second-order valence-electron chi connectivity index (χ2n) is 4.50. The molecule has 1 atom stereocenters. The zero-order valence-corrected chi connectivity index (χ0v) is 11.8. The summed E-state index contributed by atoms with van der Waals surface area (Å²) >= 11 is 11.9. The van der Waals surface area contributed by atoms with E-state index >= 15 is 0 Å². The van der Waals surface area contributed by atoms with Crippen LogP contribution < -0.4 is 5.73 Å². The molecule has 0 amide bonds. The highest BCUT2D eigenvalue weighted by Gasteiger charge is 2.11. The van der Waals surface area contributed by atoms with Crippen LogP contribution in [0.5, 0.6) is 0 Å². The predicted molar refractivity (Wildman–Crippen MR) is 78.2 cm³/mol. The zero-order valence-electron chi connectivity index (χ0n) is 10.2. The number of benzene rings is 2. The molecule has 0 aliphatic rings. The minimum absolute atomic E-state index is 0.201. The van der Waals surface area contributed by atoms with Gasteiger partial charge >= 0.3 is 0 Å². The van der Waals surface area contributed by atoms with Crippen molar-refractivity contribution in [3.63, 3.8) is 0 Å². The maximum atomic E-state index is 13.6. The molecule has 4 heteroatoms. The van der Waals surface area contributed by atoms with E-state index in [1.165, 1.54) is 12.1 Å². The van der Waals surface area contributed by atoms with E-state index in [1.54, 1.807) is 6.07 Å². The first-order valence-corrected chi connectivity index (χ1v) is 6.75. The maximum Gasteiger partial charge on any atom is 0.126 e. The third-order valence-corrected chi connectivity index (χ3v) is 3.53. The number of rotatable bonds is 4. The van der Waals surface area contributed by atoms with E-state index in [0.717, 1.165) is 5.56 Å². The Hall–Kier alpha value is -1.09. The number of nitrogens with two attached hydrogens (primary N) is 1. The van der Waals surface area contributed by atoms with E-state index in [9.17, 15) is 4.39 Å². The topological polar surface area (TPSA) is 26.0 Å². The van der Waals surface area contributed by atoms with E-state index in [0.29, 0.717) is 28.5 Å². The first-order valence-electron chi connectivity index (χ1n) is 5.99. The largest absolute Gasteiger partial charge is 0.327 e. The fourth-order valence-electron chi connectivity index (χ4n) is 2.00. The SMILES string of the molecule is NC(Cc1cc(Cl)ccc1F)Cc1ccccc1Cl. The Labute approximate surface area is 122 Å². The second-order valence-corrected chi connectivity index (χ2v) is 5.34. The first kappa shape index (κ1) is 14.3. The van der Waals surface area contributed by atoms with Gasteiger partial charge in [0.1, 0.15) is 5.82 Å². The van der Waals surface area contributed by atoms with Gasteiger partial charge in [-0.3, -0.25) is 0 Å². The molecule has 0 radical (unpaired) electrons. The number of halogens is 3. The van der Waals surface area contributed by atoms with Crippen LogP contribution in [0, 0.1) is 5.82 Å². The normalized spacial score (nSPS) is 12.4. The molecule has 0 aliphatic heterocycles. The Morgan fingerprint density at radius 1 is 1.00 bits per heavy atom. The van der Waals surface area contributed by atoms with Crippen LogP contribution in [-0.2, 0) is 12.8 Å². The highest BCUT2D eigenvalue weighted by Crippen LogP contribution is 2.20. The second kappa shape index (κ2) is 6.38. The van der Waals surface area contributed by atoms with E-state index in [2.05, 4.69) is 0 Å². The lowest BCUT2D eigenvalue weighted by Crippen LogP contribution is -2.26. The summed E-state index contributed by atoms with van der Waals surface area (Å²) in [5, 5.41) is 1.20. The Kier molecular flexibility index (Phi) is 4.81. The van der Waals surface area contributed by atoms with Crippen molar-refractivity contribution in [1.82, 2.24) is 0 Å². The molecule has 2 rings (SSSR count). The molecule has 0 heterocycles. The van der Waals surface area contributed by atoms with Gasteiger partial charge in [0.15, 0.2) is 0 Å². The predicted octanol–water partition coefficient (Wildman–Crippen LogP) is 4.25. The molecule has 0 aliphatic carbocycles. The van der Waals surface area contributed by atoms with Crippen LogP contribution in [0.2, 0.25) is 10.0 Å². The maximum absolute atomic E-state index is 13.6. The minimum Gasteiger partial charge on any atom is -0.327 e. The summed E-state index contributed by atoms with van der Waals surface area (Å²) < 4.78 is 13.6. The van der Waals surface area contributed by atoms with Gasteiger partial charge in [0.05, 0.1) is 0 Å². The number of hydrogen-bond acceptors (Lipinski definition) is 1. The van der Waals surface area contributed by atoms with Gasteiger partial charge < -0.3 is 5.73 Å². The van der Waals surface area contributed by atoms with Crippen molar-refractivity contribution in [2.45, 2.75) is 18.9 Å². The van der Waals surface area contributed by atoms with Crippen molar-refractivity contribution >= 4 is 23.2 Å². The Bertz CT molecular complexity index is 572. The molecule has 19 heavy (non-hydrogen) atoms. The van der Waals surface area contributed by atoms with Crippen LogP contribution in [0.1, 0.15) is 11.1 Å². The quantitative estimate of drug-likeness (QED) is 0.897. The van der Waals surface area contributed by atoms with Gasteiger partial charge in [0, 0.05) is 16.1 Å². The van der Waals surface area contributed by atoms with Crippen molar-refractivity contribution in [2.24, 2.45) is 5.73 Å². The van der Waals surface area contributed by atoms with Crippen molar-refractivity contribution < 1.29 is 4.39 Å². The highest BCUT2D eigenvalue weighted by atomic mass is 35.5. The van der Waals surface area contributed by atoms with Gasteiger partial charge in [-0.15, -0.1) is 0 Å². The Morgan fingerprint density at radius 2 is 1.68 bits per heavy atom. The smallest absolute Gasteiger partial charge is 0.126 e. The first-order chi connectivity index (χ1) is 9.06. The lowest BCUT2D eigenvalue weighted by atomic mass is 9.99. The molecular formula is C15H14Cl2FN. The summed E-state index contributed by atoms with van der Waals surface area (Å²) in [5.41, 5.74) is 7.56. The summed E-state index contributed by atoms with van der Waals surface area (Å²) in [6, 6.07) is 11.8. The van der Waals surface area contributed by atoms with E-state index in [1.807, 2.05) is 24.3 Å². The van der Waals surface area contributed by atoms with Gasteiger partial charge in [0.25, 0.3) is 0 Å². The molecule has 1 unspecified atom stereocenters. The Balaban J connectivity index is 2.07. The fraction of sp³-hybridized carbons (Fsp3) is 0.200. The van der Waals surface area contributed by atoms with Crippen LogP contribution in [-0.4, -0.2) is 6.04 Å². The molecule has 0 saturated carbocycles. The van der Waals surface area contributed by atoms with Crippen LogP contribution in [0.3, 0.4) is 0 Å². The molecule has 0 bridgehead atoms. The third-order valence-electron chi connectivity index (χ3n) is 2.93. The molecule has 2 aromatic rings. The molecule has 1 nitrogen and oxygen atoms in total. The van der Waals surface area contributed by atoms with Crippen molar-refractivity contribution in [3.05, 3.63) is 69.5 Å². The fourth-order valence-corrected chi connectivity index (χ4v) is 2.41. The lowest BCUT2D eigenvalue weighted by molar-refractivity contribution is 0.584. The van der Waals surface area contributed by atoms with Crippen LogP contribution in [0.15, 0.2) is 42.5 Å². The number of hydrogen-bond donors (Lipinski definition) is 1. The molecule has 0 aromatic heterocycles. The van der Waals surface area contributed by atoms with Gasteiger partial charge in [-0.25, -0.2) is 4.39 Å². The van der Waals surface area contributed by atoms with Gasteiger partial charge in [-0.1, -0.05) is 41.4 Å². The molecule has 0 spiro atoms. The zero-order chi connectivity index (χ0) is 13.8. The average Bonchev–Trinajstić information content (AvgIpc) is 2.37. The molecule has 2 N–H and O–H groups in total. The average molecular weight is 298 g/mol. The van der Waals surface area contributed by atoms with Crippen molar-refractivity contribution in [1.29, 1.82) is 0 Å². The van der Waals surface area contributed by atoms with Crippen LogP contribution in [0.4, 0.5) is 4.39 Å². The van der Waals surface area contributed by atoms with Crippen molar-refractivity contribution in [3.8, 4) is 0 Å².